The molecule has 0 bridgehead atoms. The molecule has 0 aliphatic heterocycles. The summed E-state index contributed by atoms with van der Waals surface area (Å²) in [5.41, 5.74) is 1.78. The van der Waals surface area contributed by atoms with Gasteiger partial charge in [-0.05, 0) is 26.7 Å². The van der Waals surface area contributed by atoms with Crippen molar-refractivity contribution < 1.29 is 10.3 Å². The van der Waals surface area contributed by atoms with E-state index in [1.807, 2.05) is 5.48 Å². The van der Waals surface area contributed by atoms with Gasteiger partial charge in [0.25, 0.3) is 0 Å². The largest absolute Gasteiger partial charge is 0.390 e. The summed E-state index contributed by atoms with van der Waals surface area (Å²) < 4.78 is 0. The summed E-state index contributed by atoms with van der Waals surface area (Å²) in [6, 6.07) is 0. The fraction of sp³-hybridized carbons (Fsp3) is 0.714. The van der Waals surface area contributed by atoms with Crippen LogP contribution in [0.25, 0.3) is 0 Å². The lowest BCUT2D eigenvalue weighted by atomic mass is 10.0. The molecule has 0 aliphatic rings. The summed E-state index contributed by atoms with van der Waals surface area (Å²) in [5, 5.41) is 17.5. The van der Waals surface area contributed by atoms with Crippen LogP contribution in [0.4, 0.5) is 0 Å². The van der Waals surface area contributed by atoms with E-state index in [0.717, 1.165) is 0 Å². The second kappa shape index (κ2) is 3.58. The Labute approximate surface area is 61.3 Å². The Bertz CT molecular complexity index is 115. The predicted molar refractivity (Wildman–Crippen MR) is 39.6 cm³/mol. The van der Waals surface area contributed by atoms with E-state index in [-0.39, 0.29) is 0 Å². The molecule has 0 amide bonds. The van der Waals surface area contributed by atoms with Gasteiger partial charge < -0.3 is 5.11 Å². The Morgan fingerprint density at radius 3 is 2.40 bits per heavy atom. The smallest absolute Gasteiger partial charge is 0.0595 e. The van der Waals surface area contributed by atoms with E-state index in [1.165, 1.54) is 0 Å². The molecule has 0 aromatic carbocycles. The first-order valence-corrected chi connectivity index (χ1v) is 3.26. The maximum Gasteiger partial charge on any atom is 0.0595 e. The summed E-state index contributed by atoms with van der Waals surface area (Å²) in [5.74, 6) is 0. The lowest BCUT2D eigenvalue weighted by Crippen LogP contribution is -2.19. The lowest BCUT2D eigenvalue weighted by Gasteiger charge is -2.16. The minimum absolute atomic E-state index is 0.530. The molecule has 0 aromatic heterocycles. The first-order chi connectivity index (χ1) is 4.45. The van der Waals surface area contributed by atoms with Gasteiger partial charge in [-0.15, -0.1) is 0 Å². The quantitative estimate of drug-likeness (QED) is 0.518. The van der Waals surface area contributed by atoms with E-state index in [0.29, 0.717) is 18.5 Å². The van der Waals surface area contributed by atoms with Gasteiger partial charge in [0.2, 0.25) is 0 Å². The highest BCUT2D eigenvalue weighted by atomic mass is 16.5. The van der Waals surface area contributed by atoms with Crippen molar-refractivity contribution in [1.29, 1.82) is 0 Å². The molecule has 0 spiro atoms. The van der Waals surface area contributed by atoms with E-state index in [9.17, 15) is 5.11 Å². The Hall–Kier alpha value is -0.540. The van der Waals surface area contributed by atoms with Crippen molar-refractivity contribution in [1.82, 2.24) is 5.48 Å². The zero-order valence-electron chi connectivity index (χ0n) is 6.52. The van der Waals surface area contributed by atoms with Crippen LogP contribution in [0.2, 0.25) is 0 Å². The van der Waals surface area contributed by atoms with E-state index in [2.05, 4.69) is 6.58 Å². The van der Waals surface area contributed by atoms with Crippen molar-refractivity contribution in [3.63, 3.8) is 0 Å². The standard InChI is InChI=1S/C7H15NO2/c1-6(8-10)4-5-7(2,3)9/h8-10H,1,4-5H2,2-3H3. The van der Waals surface area contributed by atoms with Crippen LogP contribution in [-0.4, -0.2) is 15.9 Å². The molecule has 60 valence electrons. The van der Waals surface area contributed by atoms with Crippen molar-refractivity contribution in [2.45, 2.75) is 32.3 Å². The molecule has 0 fully saturated rings. The molecule has 0 rings (SSSR count). The molecule has 3 nitrogen and oxygen atoms in total. The third-order valence-electron chi connectivity index (χ3n) is 1.20. The maximum absolute atomic E-state index is 9.21. The molecule has 0 saturated carbocycles. The molecular formula is C7H15NO2. The van der Waals surface area contributed by atoms with Crippen LogP contribution in [0.15, 0.2) is 12.3 Å². The van der Waals surface area contributed by atoms with Crippen LogP contribution in [-0.2, 0) is 0 Å². The first-order valence-electron chi connectivity index (χ1n) is 3.26. The average Bonchev–Trinajstić information content (AvgIpc) is 1.81. The van der Waals surface area contributed by atoms with Gasteiger partial charge in [0.1, 0.15) is 0 Å². The third-order valence-corrected chi connectivity index (χ3v) is 1.20. The number of hydroxylamine groups is 1. The van der Waals surface area contributed by atoms with E-state index in [4.69, 9.17) is 5.21 Å². The minimum Gasteiger partial charge on any atom is -0.390 e. The van der Waals surface area contributed by atoms with Crippen LogP contribution in [0, 0.1) is 0 Å². The number of hydrogen-bond acceptors (Lipinski definition) is 3. The van der Waals surface area contributed by atoms with Gasteiger partial charge in [-0.1, -0.05) is 6.58 Å². The molecule has 0 unspecified atom stereocenters. The van der Waals surface area contributed by atoms with Crippen molar-refractivity contribution in [2.75, 3.05) is 0 Å². The van der Waals surface area contributed by atoms with Crippen molar-refractivity contribution >= 4 is 0 Å². The SMILES string of the molecule is C=C(CCC(C)(C)O)NO. The molecule has 10 heavy (non-hydrogen) atoms. The van der Waals surface area contributed by atoms with Gasteiger partial charge in [0.15, 0.2) is 0 Å². The van der Waals surface area contributed by atoms with E-state index < -0.39 is 5.60 Å². The van der Waals surface area contributed by atoms with Gasteiger partial charge in [0, 0.05) is 5.70 Å². The van der Waals surface area contributed by atoms with Gasteiger partial charge in [-0.3, -0.25) is 10.7 Å². The highest BCUT2D eigenvalue weighted by Gasteiger charge is 2.11. The van der Waals surface area contributed by atoms with Gasteiger partial charge in [-0.2, -0.15) is 0 Å². The van der Waals surface area contributed by atoms with Gasteiger partial charge >= 0.3 is 0 Å². The number of rotatable bonds is 4. The monoisotopic (exact) mass is 145 g/mol. The fourth-order valence-electron chi connectivity index (χ4n) is 0.513. The highest BCUT2D eigenvalue weighted by Crippen LogP contribution is 2.12. The summed E-state index contributed by atoms with van der Waals surface area (Å²) in [7, 11) is 0. The van der Waals surface area contributed by atoms with Crippen LogP contribution in [0.1, 0.15) is 26.7 Å². The zero-order valence-corrected chi connectivity index (χ0v) is 6.52. The molecule has 0 aliphatic carbocycles. The maximum atomic E-state index is 9.21. The van der Waals surface area contributed by atoms with Crippen LogP contribution in [0.3, 0.4) is 0 Å². The van der Waals surface area contributed by atoms with Crippen LogP contribution in [0.5, 0.6) is 0 Å². The Balaban J connectivity index is 3.46. The summed E-state index contributed by atoms with van der Waals surface area (Å²) >= 11 is 0. The molecular weight excluding hydrogens is 130 g/mol. The lowest BCUT2D eigenvalue weighted by molar-refractivity contribution is 0.0687. The molecule has 0 aromatic rings. The number of hydrogen-bond donors (Lipinski definition) is 3. The van der Waals surface area contributed by atoms with Crippen LogP contribution >= 0.6 is 0 Å². The number of allylic oxidation sites excluding steroid dienone is 1. The minimum atomic E-state index is -0.681. The second-order valence-corrected chi connectivity index (χ2v) is 3.03. The number of aliphatic hydroxyl groups is 1. The van der Waals surface area contributed by atoms with Gasteiger partial charge in [-0.25, -0.2) is 0 Å². The Morgan fingerprint density at radius 1 is 1.60 bits per heavy atom. The van der Waals surface area contributed by atoms with Crippen LogP contribution < -0.4 is 5.48 Å². The van der Waals surface area contributed by atoms with Crippen molar-refractivity contribution in [3.05, 3.63) is 12.3 Å². The average molecular weight is 145 g/mol. The normalized spacial score (nSPS) is 11.2. The first kappa shape index (κ1) is 9.46. The third kappa shape index (κ3) is 5.59. The number of nitrogens with one attached hydrogen (secondary N) is 1. The molecule has 0 heterocycles. The van der Waals surface area contributed by atoms with E-state index in [1.54, 1.807) is 13.8 Å². The second-order valence-electron chi connectivity index (χ2n) is 3.03. The summed E-state index contributed by atoms with van der Waals surface area (Å²) in [4.78, 5) is 0. The molecule has 3 N–H and O–H groups in total. The fourth-order valence-corrected chi connectivity index (χ4v) is 0.513. The topological polar surface area (TPSA) is 52.5 Å². The van der Waals surface area contributed by atoms with Crippen molar-refractivity contribution in [2.24, 2.45) is 0 Å². The zero-order chi connectivity index (χ0) is 8.20. The highest BCUT2D eigenvalue weighted by molar-refractivity contribution is 4.88. The summed E-state index contributed by atoms with van der Waals surface area (Å²) in [6.07, 6.45) is 1.18. The predicted octanol–water partition coefficient (Wildman–Crippen LogP) is 1.03. The molecule has 0 saturated heterocycles. The van der Waals surface area contributed by atoms with Gasteiger partial charge in [0.05, 0.1) is 5.60 Å². The molecule has 0 atom stereocenters. The molecule has 3 heteroatoms. The Kier molecular flexibility index (Phi) is 3.39. The summed E-state index contributed by atoms with van der Waals surface area (Å²) in [6.45, 7) is 6.94. The Morgan fingerprint density at radius 2 is 2.10 bits per heavy atom. The van der Waals surface area contributed by atoms with Crippen molar-refractivity contribution in [3.8, 4) is 0 Å². The molecule has 0 radical (unpaired) electrons. The van der Waals surface area contributed by atoms with E-state index >= 15 is 0 Å².